The minimum absolute atomic E-state index is 0.0431. The van der Waals surface area contributed by atoms with Crippen LogP contribution in [0.15, 0.2) is 0 Å². The van der Waals surface area contributed by atoms with Crippen molar-refractivity contribution in [1.82, 2.24) is 0 Å². The predicted molar refractivity (Wildman–Crippen MR) is 62.0 cm³/mol. The molecule has 0 saturated heterocycles. The van der Waals surface area contributed by atoms with Gasteiger partial charge in [-0.25, -0.2) is 0 Å². The van der Waals surface area contributed by atoms with E-state index in [2.05, 4.69) is 0 Å². The number of aliphatic carboxylic acids is 1. The second kappa shape index (κ2) is 6.86. The molecule has 0 aliphatic carbocycles. The third-order valence-corrected chi connectivity index (χ3v) is 2.77. The van der Waals surface area contributed by atoms with E-state index in [-0.39, 0.29) is 18.3 Å². The average molecular weight is 232 g/mol. The maximum Gasteiger partial charge on any atom is 0.306 e. The Kier molecular flexibility index (Phi) is 6.60. The number of carbonyl (C=O) groups is 1. The molecule has 0 rings (SSSR count). The van der Waals surface area contributed by atoms with Gasteiger partial charge >= 0.3 is 5.97 Å². The molecule has 0 aromatic carbocycles. The summed E-state index contributed by atoms with van der Waals surface area (Å²) in [5, 5.41) is 28.3. The average Bonchev–Trinajstić information content (AvgIpc) is 2.11. The Labute approximate surface area is 97.3 Å². The quantitative estimate of drug-likeness (QED) is 0.621. The third kappa shape index (κ3) is 5.47. The first kappa shape index (κ1) is 15.4. The highest BCUT2D eigenvalue weighted by Gasteiger charge is 2.28. The van der Waals surface area contributed by atoms with Crippen LogP contribution in [0.5, 0.6) is 0 Å². The smallest absolute Gasteiger partial charge is 0.306 e. The normalized spacial score (nSPS) is 17.5. The molecular formula is C12H24O4. The van der Waals surface area contributed by atoms with Gasteiger partial charge in [-0.2, -0.15) is 0 Å². The van der Waals surface area contributed by atoms with E-state index >= 15 is 0 Å². The Morgan fingerprint density at radius 1 is 1.00 bits per heavy atom. The van der Waals surface area contributed by atoms with Crippen molar-refractivity contribution in [2.75, 3.05) is 0 Å². The highest BCUT2D eigenvalue weighted by molar-refractivity contribution is 5.70. The maximum atomic E-state index is 10.9. The summed E-state index contributed by atoms with van der Waals surface area (Å²) in [7, 11) is 0. The van der Waals surface area contributed by atoms with Crippen molar-refractivity contribution in [3.8, 4) is 0 Å². The fraction of sp³-hybridized carbons (Fsp3) is 0.917. The van der Waals surface area contributed by atoms with E-state index in [1.807, 2.05) is 13.8 Å². The second-order valence-electron chi connectivity index (χ2n) is 5.19. The number of hydrogen-bond donors (Lipinski definition) is 3. The maximum absolute atomic E-state index is 10.9. The van der Waals surface area contributed by atoms with Crippen LogP contribution in [0, 0.1) is 17.8 Å². The van der Waals surface area contributed by atoms with E-state index < -0.39 is 24.1 Å². The Balaban J connectivity index is 4.28. The van der Waals surface area contributed by atoms with Gasteiger partial charge < -0.3 is 15.3 Å². The largest absolute Gasteiger partial charge is 0.481 e. The van der Waals surface area contributed by atoms with Gasteiger partial charge in [0.25, 0.3) is 0 Å². The number of aliphatic hydroxyl groups is 2. The van der Waals surface area contributed by atoms with Gasteiger partial charge in [0.1, 0.15) is 0 Å². The first-order chi connectivity index (χ1) is 7.25. The van der Waals surface area contributed by atoms with Gasteiger partial charge in [0.05, 0.1) is 18.1 Å². The fourth-order valence-electron chi connectivity index (χ4n) is 1.72. The lowest BCUT2D eigenvalue weighted by molar-refractivity contribution is -0.145. The van der Waals surface area contributed by atoms with Crippen LogP contribution in [0.25, 0.3) is 0 Å². The van der Waals surface area contributed by atoms with Gasteiger partial charge in [0, 0.05) is 0 Å². The number of rotatable bonds is 7. The van der Waals surface area contributed by atoms with Crippen LogP contribution in [0.2, 0.25) is 0 Å². The van der Waals surface area contributed by atoms with E-state index in [0.717, 1.165) is 0 Å². The molecule has 3 atom stereocenters. The van der Waals surface area contributed by atoms with E-state index in [0.29, 0.717) is 6.42 Å². The standard InChI is InChI=1S/C12H24O4/c1-7(2)5-10(13)11(14)6-9(8(3)4)12(15)16/h7-11,13-14H,5-6H2,1-4H3,(H,15,16)/t9-,10+,11-/m0/s1. The molecule has 0 aliphatic rings. The molecule has 0 fully saturated rings. The molecule has 0 spiro atoms. The van der Waals surface area contributed by atoms with Crippen LogP contribution >= 0.6 is 0 Å². The molecule has 0 radical (unpaired) electrons. The Hall–Kier alpha value is -0.610. The Morgan fingerprint density at radius 3 is 1.75 bits per heavy atom. The molecule has 4 nitrogen and oxygen atoms in total. The number of carboxylic acid groups (broad SMARTS) is 1. The van der Waals surface area contributed by atoms with Crippen LogP contribution < -0.4 is 0 Å². The lowest BCUT2D eigenvalue weighted by atomic mass is 9.87. The topological polar surface area (TPSA) is 77.8 Å². The Bertz CT molecular complexity index is 213. The molecule has 0 aromatic heterocycles. The summed E-state index contributed by atoms with van der Waals surface area (Å²) < 4.78 is 0. The van der Waals surface area contributed by atoms with Crippen LogP contribution in [-0.4, -0.2) is 33.5 Å². The molecule has 0 heterocycles. The molecule has 0 saturated carbocycles. The highest BCUT2D eigenvalue weighted by atomic mass is 16.4. The minimum Gasteiger partial charge on any atom is -0.481 e. The van der Waals surface area contributed by atoms with Crippen LogP contribution in [0.1, 0.15) is 40.5 Å². The van der Waals surface area contributed by atoms with E-state index in [1.54, 1.807) is 13.8 Å². The first-order valence-corrected chi connectivity index (χ1v) is 5.84. The summed E-state index contributed by atoms with van der Waals surface area (Å²) >= 11 is 0. The van der Waals surface area contributed by atoms with Gasteiger partial charge in [-0.05, 0) is 24.7 Å². The van der Waals surface area contributed by atoms with Gasteiger partial charge in [0.2, 0.25) is 0 Å². The molecule has 96 valence electrons. The third-order valence-electron chi connectivity index (χ3n) is 2.77. The summed E-state index contributed by atoms with van der Waals surface area (Å²) in [6, 6.07) is 0. The molecule has 4 heteroatoms. The summed E-state index contributed by atoms with van der Waals surface area (Å²) in [4.78, 5) is 10.9. The van der Waals surface area contributed by atoms with Crippen molar-refractivity contribution in [3.05, 3.63) is 0 Å². The summed E-state index contributed by atoms with van der Waals surface area (Å²) in [6.45, 7) is 7.51. The van der Waals surface area contributed by atoms with Gasteiger partial charge in [-0.1, -0.05) is 27.7 Å². The van der Waals surface area contributed by atoms with Crippen molar-refractivity contribution < 1.29 is 20.1 Å². The molecule has 0 unspecified atom stereocenters. The van der Waals surface area contributed by atoms with Gasteiger partial charge in [0.15, 0.2) is 0 Å². The second-order valence-corrected chi connectivity index (χ2v) is 5.19. The van der Waals surface area contributed by atoms with E-state index in [1.165, 1.54) is 0 Å². The van der Waals surface area contributed by atoms with E-state index in [4.69, 9.17) is 5.11 Å². The summed E-state index contributed by atoms with van der Waals surface area (Å²) in [5.74, 6) is -1.27. The van der Waals surface area contributed by atoms with Crippen LogP contribution in [0.3, 0.4) is 0 Å². The van der Waals surface area contributed by atoms with Gasteiger partial charge in [-0.3, -0.25) is 4.79 Å². The van der Waals surface area contributed by atoms with Crippen LogP contribution in [0.4, 0.5) is 0 Å². The zero-order valence-corrected chi connectivity index (χ0v) is 10.6. The lowest BCUT2D eigenvalue weighted by Gasteiger charge is -2.24. The van der Waals surface area contributed by atoms with Crippen molar-refractivity contribution in [2.45, 2.75) is 52.7 Å². The fourth-order valence-corrected chi connectivity index (χ4v) is 1.72. The molecule has 0 aromatic rings. The monoisotopic (exact) mass is 232 g/mol. The molecular weight excluding hydrogens is 208 g/mol. The number of carboxylic acids is 1. The minimum atomic E-state index is -0.953. The van der Waals surface area contributed by atoms with Crippen molar-refractivity contribution in [1.29, 1.82) is 0 Å². The lowest BCUT2D eigenvalue weighted by Crippen LogP contribution is -2.33. The summed E-state index contributed by atoms with van der Waals surface area (Å²) in [5.41, 5.74) is 0. The van der Waals surface area contributed by atoms with E-state index in [9.17, 15) is 15.0 Å². The molecule has 0 amide bonds. The van der Waals surface area contributed by atoms with Crippen molar-refractivity contribution in [2.24, 2.45) is 17.8 Å². The van der Waals surface area contributed by atoms with Crippen molar-refractivity contribution >= 4 is 5.97 Å². The van der Waals surface area contributed by atoms with Gasteiger partial charge in [-0.15, -0.1) is 0 Å². The number of aliphatic hydroxyl groups excluding tert-OH is 2. The Morgan fingerprint density at radius 2 is 1.44 bits per heavy atom. The predicted octanol–water partition coefficient (Wildman–Crippen LogP) is 1.50. The summed E-state index contributed by atoms with van der Waals surface area (Å²) in [6.07, 6.45) is -1.18. The zero-order valence-electron chi connectivity index (χ0n) is 10.6. The molecule has 16 heavy (non-hydrogen) atoms. The zero-order chi connectivity index (χ0) is 12.9. The SMILES string of the molecule is CC(C)C[C@@H](O)[C@@H](O)C[C@H](C(=O)O)C(C)C. The first-order valence-electron chi connectivity index (χ1n) is 5.84. The molecule has 0 aliphatic heterocycles. The highest BCUT2D eigenvalue weighted by Crippen LogP contribution is 2.21. The number of hydrogen-bond acceptors (Lipinski definition) is 3. The van der Waals surface area contributed by atoms with Crippen LogP contribution in [-0.2, 0) is 4.79 Å². The van der Waals surface area contributed by atoms with Crippen molar-refractivity contribution in [3.63, 3.8) is 0 Å². The molecule has 0 bridgehead atoms. The molecule has 3 N–H and O–H groups in total.